The molecule has 0 aliphatic carbocycles. The lowest BCUT2D eigenvalue weighted by Crippen LogP contribution is -2.05. The second kappa shape index (κ2) is 8.55. The summed E-state index contributed by atoms with van der Waals surface area (Å²) in [7, 11) is -3.62. The van der Waals surface area contributed by atoms with Crippen LogP contribution in [-0.4, -0.2) is 23.2 Å². The first kappa shape index (κ1) is 20.5. The minimum Gasteiger partial charge on any atom is -0.300 e. The summed E-state index contributed by atoms with van der Waals surface area (Å²) in [6, 6.07) is 22.9. The Labute approximate surface area is 184 Å². The van der Waals surface area contributed by atoms with Gasteiger partial charge in [-0.3, -0.25) is 9.67 Å². The number of H-pyrrole nitrogens is 1. The molecular weight excluding hydrogens is 438 g/mol. The van der Waals surface area contributed by atoms with Crippen molar-refractivity contribution in [1.82, 2.24) is 14.8 Å². The zero-order valence-electron chi connectivity index (χ0n) is 15.8. The fraction of sp³-hybridized carbons (Fsp3) is 0.0909. The molecule has 1 aromatic heterocycles. The number of hydrogen-bond donors (Lipinski definition) is 1. The maximum Gasteiger partial charge on any atom is 0.206 e. The van der Waals surface area contributed by atoms with E-state index in [0.717, 1.165) is 12.0 Å². The lowest BCUT2D eigenvalue weighted by atomic mass is 10.1. The topological polar surface area (TPSA) is 67.8 Å². The summed E-state index contributed by atoms with van der Waals surface area (Å²) < 4.78 is 28.1. The van der Waals surface area contributed by atoms with E-state index in [1.807, 2.05) is 22.8 Å². The molecule has 8 heteroatoms. The van der Waals surface area contributed by atoms with Gasteiger partial charge in [0, 0.05) is 17.1 Å². The summed E-state index contributed by atoms with van der Waals surface area (Å²) in [5.74, 6) is 0.673. The third-order valence-corrected chi connectivity index (χ3v) is 7.12. The van der Waals surface area contributed by atoms with Gasteiger partial charge in [0.25, 0.3) is 0 Å². The maximum atomic E-state index is 12.8. The minimum atomic E-state index is -3.62. The highest BCUT2D eigenvalue weighted by atomic mass is 35.5. The Morgan fingerprint density at radius 3 is 2.13 bits per heavy atom. The van der Waals surface area contributed by atoms with Crippen LogP contribution < -0.4 is 0 Å². The molecule has 0 saturated carbocycles. The molecular formula is C22H18ClN3O2S2. The predicted octanol–water partition coefficient (Wildman–Crippen LogP) is 5.34. The number of rotatable bonds is 6. The SMILES string of the molecule is O=S(=O)(c1ccc(Cl)cc1)c1ccc(-c2n[nH]c(=S)n2CCc2ccccc2)cc1. The standard InChI is InChI=1S/C22H18ClN3O2S2/c23-18-8-12-20(13-9-18)30(27,28)19-10-6-17(7-11-19)21-24-25-22(29)26(21)15-14-16-4-2-1-3-5-16/h1-13H,14-15H2,(H,25,29). The normalized spacial score (nSPS) is 11.5. The Morgan fingerprint density at radius 1 is 0.900 bits per heavy atom. The van der Waals surface area contributed by atoms with Crippen molar-refractivity contribution in [1.29, 1.82) is 0 Å². The number of aromatic nitrogens is 3. The van der Waals surface area contributed by atoms with Crippen LogP contribution in [-0.2, 0) is 22.8 Å². The van der Waals surface area contributed by atoms with Gasteiger partial charge in [0.1, 0.15) is 0 Å². The molecule has 0 aliphatic heterocycles. The van der Waals surface area contributed by atoms with Gasteiger partial charge in [-0.2, -0.15) is 5.10 Å². The van der Waals surface area contributed by atoms with E-state index < -0.39 is 9.84 Å². The van der Waals surface area contributed by atoms with Gasteiger partial charge in [0.2, 0.25) is 9.84 Å². The molecule has 0 saturated heterocycles. The van der Waals surface area contributed by atoms with Crippen molar-refractivity contribution in [3.63, 3.8) is 0 Å². The van der Waals surface area contributed by atoms with E-state index in [-0.39, 0.29) is 9.79 Å². The third kappa shape index (κ3) is 4.23. The third-order valence-electron chi connectivity index (χ3n) is 4.77. The lowest BCUT2D eigenvalue weighted by molar-refractivity contribution is 0.596. The first-order valence-corrected chi connectivity index (χ1v) is 11.5. The Morgan fingerprint density at radius 2 is 1.50 bits per heavy atom. The van der Waals surface area contributed by atoms with Gasteiger partial charge in [0.15, 0.2) is 10.6 Å². The number of aromatic amines is 1. The molecule has 152 valence electrons. The fourth-order valence-corrected chi connectivity index (χ4v) is 4.77. The first-order valence-electron chi connectivity index (χ1n) is 9.25. The van der Waals surface area contributed by atoms with Crippen LogP contribution in [0.1, 0.15) is 5.56 Å². The number of nitrogens with one attached hydrogen (secondary N) is 1. The van der Waals surface area contributed by atoms with Gasteiger partial charge >= 0.3 is 0 Å². The second-order valence-electron chi connectivity index (χ2n) is 6.72. The largest absolute Gasteiger partial charge is 0.300 e. The number of benzene rings is 3. The molecule has 3 aromatic carbocycles. The average molecular weight is 456 g/mol. The maximum absolute atomic E-state index is 12.8. The van der Waals surface area contributed by atoms with Crippen LogP contribution >= 0.6 is 23.8 Å². The van der Waals surface area contributed by atoms with Crippen molar-refractivity contribution in [2.24, 2.45) is 0 Å². The summed E-state index contributed by atoms with van der Waals surface area (Å²) in [6.45, 7) is 0.666. The zero-order valence-corrected chi connectivity index (χ0v) is 18.2. The summed E-state index contributed by atoms with van der Waals surface area (Å²) in [4.78, 5) is 0.406. The molecule has 0 radical (unpaired) electrons. The van der Waals surface area contributed by atoms with Gasteiger partial charge in [-0.25, -0.2) is 8.42 Å². The molecule has 5 nitrogen and oxygen atoms in total. The van der Waals surface area contributed by atoms with Crippen molar-refractivity contribution < 1.29 is 8.42 Å². The molecule has 4 aromatic rings. The monoisotopic (exact) mass is 455 g/mol. The number of nitrogens with zero attached hydrogens (tertiary/aromatic N) is 2. The van der Waals surface area contributed by atoms with E-state index in [2.05, 4.69) is 22.3 Å². The summed E-state index contributed by atoms with van der Waals surface area (Å²) >= 11 is 11.2. The van der Waals surface area contributed by atoms with Crippen LogP contribution in [0.3, 0.4) is 0 Å². The van der Waals surface area contributed by atoms with Crippen molar-refractivity contribution in [2.75, 3.05) is 0 Å². The van der Waals surface area contributed by atoms with Crippen molar-refractivity contribution in [2.45, 2.75) is 22.8 Å². The molecule has 30 heavy (non-hydrogen) atoms. The summed E-state index contributed by atoms with van der Waals surface area (Å²) in [5, 5.41) is 7.66. The molecule has 0 atom stereocenters. The lowest BCUT2D eigenvalue weighted by Gasteiger charge is -2.09. The number of halogens is 1. The highest BCUT2D eigenvalue weighted by molar-refractivity contribution is 7.91. The predicted molar refractivity (Wildman–Crippen MR) is 120 cm³/mol. The quantitative estimate of drug-likeness (QED) is 0.398. The van der Waals surface area contributed by atoms with Gasteiger partial charge in [-0.15, -0.1) is 0 Å². The molecule has 4 rings (SSSR count). The molecule has 1 N–H and O–H groups in total. The second-order valence-corrected chi connectivity index (χ2v) is 9.49. The summed E-state index contributed by atoms with van der Waals surface area (Å²) in [6.07, 6.45) is 0.810. The van der Waals surface area contributed by atoms with Gasteiger partial charge in [-0.05, 0) is 72.7 Å². The van der Waals surface area contributed by atoms with E-state index in [0.29, 0.717) is 22.2 Å². The zero-order chi connectivity index (χ0) is 21.1. The molecule has 1 heterocycles. The number of aryl methyl sites for hydroxylation is 1. The first-order chi connectivity index (χ1) is 14.4. The van der Waals surface area contributed by atoms with E-state index in [9.17, 15) is 8.42 Å². The summed E-state index contributed by atoms with van der Waals surface area (Å²) in [5.41, 5.74) is 1.99. The van der Waals surface area contributed by atoms with Gasteiger partial charge in [0.05, 0.1) is 9.79 Å². The Hall–Kier alpha value is -2.74. The highest BCUT2D eigenvalue weighted by Crippen LogP contribution is 2.25. The molecule has 0 fully saturated rings. The molecule has 0 spiro atoms. The minimum absolute atomic E-state index is 0.199. The van der Waals surface area contributed by atoms with Crippen LogP contribution in [0, 0.1) is 4.77 Å². The Kier molecular flexibility index (Phi) is 5.85. The van der Waals surface area contributed by atoms with Crippen LogP contribution in [0.5, 0.6) is 0 Å². The molecule has 0 amide bonds. The van der Waals surface area contributed by atoms with Gasteiger partial charge in [-0.1, -0.05) is 41.9 Å². The van der Waals surface area contributed by atoms with E-state index in [1.165, 1.54) is 17.7 Å². The van der Waals surface area contributed by atoms with Crippen LogP contribution in [0.4, 0.5) is 0 Å². The smallest absolute Gasteiger partial charge is 0.206 e. The molecule has 0 unspecified atom stereocenters. The van der Waals surface area contributed by atoms with Gasteiger partial charge < -0.3 is 0 Å². The Bertz CT molecular complexity index is 1310. The van der Waals surface area contributed by atoms with Crippen molar-refractivity contribution in [3.05, 3.63) is 94.2 Å². The van der Waals surface area contributed by atoms with Crippen LogP contribution in [0.2, 0.25) is 5.02 Å². The number of hydrogen-bond acceptors (Lipinski definition) is 4. The van der Waals surface area contributed by atoms with E-state index >= 15 is 0 Å². The molecule has 0 aliphatic rings. The highest BCUT2D eigenvalue weighted by Gasteiger charge is 2.18. The number of sulfone groups is 1. The van der Waals surface area contributed by atoms with Crippen LogP contribution in [0.25, 0.3) is 11.4 Å². The van der Waals surface area contributed by atoms with Crippen molar-refractivity contribution in [3.8, 4) is 11.4 Å². The van der Waals surface area contributed by atoms with E-state index in [1.54, 1.807) is 36.4 Å². The van der Waals surface area contributed by atoms with E-state index in [4.69, 9.17) is 23.8 Å². The Balaban J connectivity index is 1.60. The molecule has 0 bridgehead atoms. The fourth-order valence-electron chi connectivity index (χ4n) is 3.16. The van der Waals surface area contributed by atoms with Crippen LogP contribution in [0.15, 0.2) is 88.7 Å². The van der Waals surface area contributed by atoms with Crippen molar-refractivity contribution >= 4 is 33.7 Å². The average Bonchev–Trinajstić information content (AvgIpc) is 3.14.